The number of rotatable bonds is 5. The zero-order chi connectivity index (χ0) is 18.1. The number of hydrogen-bond acceptors (Lipinski definition) is 4. The molecule has 128 valence electrons. The van der Waals surface area contributed by atoms with Gasteiger partial charge in [0.1, 0.15) is 11.3 Å². The zero-order valence-corrected chi connectivity index (χ0v) is 15.2. The van der Waals surface area contributed by atoms with Gasteiger partial charge in [-0.15, -0.1) is 0 Å². The first-order valence-electron chi connectivity index (χ1n) is 7.30. The highest BCUT2D eigenvalue weighted by molar-refractivity contribution is 9.10. The highest BCUT2D eigenvalue weighted by atomic mass is 79.9. The molecular formula is C17H18BrNO5. The van der Waals surface area contributed by atoms with Crippen molar-refractivity contribution in [3.05, 3.63) is 41.7 Å². The summed E-state index contributed by atoms with van der Waals surface area (Å²) in [6, 6.07) is 9.00. The van der Waals surface area contributed by atoms with E-state index in [0.29, 0.717) is 16.9 Å². The molecule has 1 unspecified atom stereocenters. The first-order valence-corrected chi connectivity index (χ1v) is 8.21. The summed E-state index contributed by atoms with van der Waals surface area (Å²) in [5.74, 6) is -1.82. The number of carboxylic acid groups (broad SMARTS) is 1. The van der Waals surface area contributed by atoms with Gasteiger partial charge in [-0.3, -0.25) is 19.3 Å². The van der Waals surface area contributed by atoms with E-state index in [-0.39, 0.29) is 12.6 Å². The number of Topliss-reactive ketones (excluding diaryl/α,β-unsaturated/α-hetero) is 1. The third-order valence-electron chi connectivity index (χ3n) is 4.01. The highest BCUT2D eigenvalue weighted by Crippen LogP contribution is 2.31. The first kappa shape index (κ1) is 18.2. The van der Waals surface area contributed by atoms with Crippen LogP contribution < -0.4 is 0 Å². The molecule has 0 radical (unpaired) electrons. The highest BCUT2D eigenvalue weighted by Gasteiger charge is 2.45. The second-order valence-corrected chi connectivity index (χ2v) is 6.84. The van der Waals surface area contributed by atoms with Gasteiger partial charge in [0.05, 0.1) is 5.57 Å². The fourth-order valence-electron chi connectivity index (χ4n) is 2.48. The number of halogens is 1. The van der Waals surface area contributed by atoms with Crippen LogP contribution in [0.3, 0.4) is 0 Å². The molecule has 6 nitrogen and oxygen atoms in total. The number of nitrogens with zero attached hydrogens (tertiary/aromatic N) is 1. The van der Waals surface area contributed by atoms with Crippen LogP contribution in [0.5, 0.6) is 0 Å². The van der Waals surface area contributed by atoms with Crippen molar-refractivity contribution in [2.24, 2.45) is 0 Å². The van der Waals surface area contributed by atoms with Gasteiger partial charge in [0, 0.05) is 0 Å². The molecular weight excluding hydrogens is 378 g/mol. The van der Waals surface area contributed by atoms with Crippen molar-refractivity contribution >= 4 is 39.2 Å². The minimum absolute atomic E-state index is 0.112. The van der Waals surface area contributed by atoms with Gasteiger partial charge in [0.2, 0.25) is 0 Å². The number of allylic oxidation sites excluding steroid dienone is 1. The van der Waals surface area contributed by atoms with Gasteiger partial charge in [-0.05, 0) is 26.3 Å². The van der Waals surface area contributed by atoms with Crippen LogP contribution >= 0.6 is 15.9 Å². The van der Waals surface area contributed by atoms with E-state index in [1.54, 1.807) is 31.2 Å². The quantitative estimate of drug-likeness (QED) is 0.611. The molecule has 1 aliphatic rings. The van der Waals surface area contributed by atoms with Crippen molar-refractivity contribution in [1.82, 2.24) is 4.90 Å². The summed E-state index contributed by atoms with van der Waals surface area (Å²) in [7, 11) is 0. The second kappa shape index (κ2) is 6.76. The monoisotopic (exact) mass is 395 g/mol. The average Bonchev–Trinajstić information content (AvgIpc) is 2.54. The van der Waals surface area contributed by atoms with Gasteiger partial charge in [0.15, 0.2) is 17.3 Å². The number of carbonyl (C=O) groups is 3. The van der Waals surface area contributed by atoms with E-state index in [9.17, 15) is 14.4 Å². The molecule has 0 spiro atoms. The van der Waals surface area contributed by atoms with E-state index in [1.165, 1.54) is 18.7 Å². The van der Waals surface area contributed by atoms with Gasteiger partial charge in [-0.1, -0.05) is 46.3 Å². The van der Waals surface area contributed by atoms with Crippen LogP contribution in [0.1, 0.15) is 26.3 Å². The number of hydrogen-bond donors (Lipinski definition) is 1. The molecule has 1 aliphatic heterocycles. The number of aliphatic carboxylic acids is 1. The first-order chi connectivity index (χ1) is 11.2. The number of ether oxygens (including phenoxy) is 1. The zero-order valence-electron chi connectivity index (χ0n) is 13.6. The Kier molecular flexibility index (Phi) is 5.13. The van der Waals surface area contributed by atoms with E-state index in [4.69, 9.17) is 9.84 Å². The van der Waals surface area contributed by atoms with Crippen molar-refractivity contribution in [2.45, 2.75) is 31.1 Å². The van der Waals surface area contributed by atoms with Crippen LogP contribution in [0.15, 0.2) is 36.1 Å². The van der Waals surface area contributed by atoms with Crippen molar-refractivity contribution in [1.29, 1.82) is 0 Å². The van der Waals surface area contributed by atoms with Gasteiger partial charge in [0.25, 0.3) is 5.91 Å². The minimum Gasteiger partial charge on any atom is -0.480 e. The molecule has 1 N–H and O–H groups in total. The number of carbonyl (C=O) groups excluding carboxylic acids is 2. The maximum atomic E-state index is 13.0. The fraction of sp³-hybridized carbons (Fsp3) is 0.353. The fourth-order valence-corrected chi connectivity index (χ4v) is 3.04. The molecule has 0 aromatic heterocycles. The van der Waals surface area contributed by atoms with Crippen molar-refractivity contribution < 1.29 is 24.2 Å². The molecule has 0 aliphatic carbocycles. The molecule has 1 heterocycles. The van der Waals surface area contributed by atoms with Crippen LogP contribution in [0.4, 0.5) is 0 Å². The maximum absolute atomic E-state index is 13.0. The topological polar surface area (TPSA) is 83.9 Å². The normalized spacial score (nSPS) is 16.7. The van der Waals surface area contributed by atoms with E-state index in [2.05, 4.69) is 15.9 Å². The number of amides is 1. The second-order valence-electron chi connectivity index (χ2n) is 5.93. The Morgan fingerprint density at radius 3 is 2.42 bits per heavy atom. The lowest BCUT2D eigenvalue weighted by molar-refractivity contribution is -0.151. The Labute approximate surface area is 148 Å². The van der Waals surface area contributed by atoms with Gasteiger partial charge < -0.3 is 9.84 Å². The summed E-state index contributed by atoms with van der Waals surface area (Å²) in [6.07, 6.45) is 0. The predicted molar refractivity (Wildman–Crippen MR) is 91.3 cm³/mol. The van der Waals surface area contributed by atoms with E-state index in [0.717, 1.165) is 0 Å². The summed E-state index contributed by atoms with van der Waals surface area (Å²) < 4.78 is 5.57. The number of benzene rings is 1. The summed E-state index contributed by atoms with van der Waals surface area (Å²) in [5, 5.41) is 9.04. The Bertz CT molecular complexity index is 711. The van der Waals surface area contributed by atoms with E-state index >= 15 is 0 Å². The molecule has 1 amide bonds. The molecule has 0 saturated carbocycles. The third kappa shape index (κ3) is 3.21. The molecule has 24 heavy (non-hydrogen) atoms. The molecule has 1 aromatic carbocycles. The van der Waals surface area contributed by atoms with Crippen LogP contribution in [-0.4, -0.2) is 44.8 Å². The predicted octanol–water partition coefficient (Wildman–Crippen LogP) is 2.43. The molecule has 1 atom stereocenters. The maximum Gasteiger partial charge on any atom is 0.325 e. The summed E-state index contributed by atoms with van der Waals surface area (Å²) in [4.78, 5) is 36.4. The lowest BCUT2D eigenvalue weighted by Crippen LogP contribution is -2.58. The minimum atomic E-state index is -1.40. The SMILES string of the molecule is CC1=C(c2ccccc2)C(=O)N(C(C)(C)C(=O)C(Br)C(=O)O)CO1. The molecule has 2 rings (SSSR count). The van der Waals surface area contributed by atoms with Crippen LogP contribution in [-0.2, 0) is 19.1 Å². The van der Waals surface area contributed by atoms with Gasteiger partial charge in [-0.25, -0.2) is 0 Å². The van der Waals surface area contributed by atoms with Crippen LogP contribution in [0, 0.1) is 0 Å². The van der Waals surface area contributed by atoms with Crippen molar-refractivity contribution in [3.8, 4) is 0 Å². The summed E-state index contributed by atoms with van der Waals surface area (Å²) >= 11 is 2.86. The Hall–Kier alpha value is -2.15. The Balaban J connectivity index is 2.39. The standard InChI is InChI=1S/C17H18BrNO5/c1-10-12(11-7-5-4-6-8-11)15(21)19(9-24-10)17(2,3)14(20)13(18)16(22)23/h4-8,13H,9H2,1-3H3,(H,22,23). The lowest BCUT2D eigenvalue weighted by atomic mass is 9.92. The Morgan fingerprint density at radius 1 is 1.29 bits per heavy atom. The summed E-state index contributed by atoms with van der Waals surface area (Å²) in [6.45, 7) is 4.60. The number of alkyl halides is 1. The average molecular weight is 396 g/mol. The van der Waals surface area contributed by atoms with Gasteiger partial charge >= 0.3 is 5.97 Å². The molecule has 0 fully saturated rings. The van der Waals surface area contributed by atoms with Crippen LogP contribution in [0.25, 0.3) is 5.57 Å². The van der Waals surface area contributed by atoms with E-state index in [1.807, 2.05) is 6.07 Å². The summed E-state index contributed by atoms with van der Waals surface area (Å²) in [5.41, 5.74) is -0.296. The van der Waals surface area contributed by atoms with E-state index < -0.39 is 22.1 Å². The van der Waals surface area contributed by atoms with Crippen molar-refractivity contribution in [2.75, 3.05) is 6.73 Å². The largest absolute Gasteiger partial charge is 0.480 e. The lowest BCUT2D eigenvalue weighted by Gasteiger charge is -2.40. The molecule has 1 aromatic rings. The molecule has 0 bridgehead atoms. The van der Waals surface area contributed by atoms with Gasteiger partial charge in [-0.2, -0.15) is 0 Å². The smallest absolute Gasteiger partial charge is 0.325 e. The Morgan fingerprint density at radius 2 is 1.88 bits per heavy atom. The van der Waals surface area contributed by atoms with Crippen LogP contribution in [0.2, 0.25) is 0 Å². The molecule has 7 heteroatoms. The number of carboxylic acids is 1. The number of ketones is 1. The van der Waals surface area contributed by atoms with Crippen molar-refractivity contribution in [3.63, 3.8) is 0 Å². The third-order valence-corrected chi connectivity index (χ3v) is 4.82. The molecule has 0 saturated heterocycles.